The zero-order valence-corrected chi connectivity index (χ0v) is 7.42. The molecule has 0 aromatic heterocycles. The Kier molecular flexibility index (Phi) is 2.08. The van der Waals surface area contributed by atoms with E-state index in [2.05, 4.69) is 0 Å². The first-order valence-corrected chi connectivity index (χ1v) is 4.30. The van der Waals surface area contributed by atoms with Crippen LogP contribution in [0.1, 0.15) is 12.8 Å². The molecule has 0 spiro atoms. The normalized spacial score (nSPS) is 15.5. The molecule has 2 rings (SSSR count). The molecule has 0 atom stereocenters. The zero-order chi connectivity index (χ0) is 9.26. The molecule has 0 saturated heterocycles. The van der Waals surface area contributed by atoms with Gasteiger partial charge < -0.3 is 9.47 Å². The molecule has 1 saturated carbocycles. The second-order valence-corrected chi connectivity index (χ2v) is 3.11. The lowest BCUT2D eigenvalue weighted by Crippen LogP contribution is -1.96. The highest BCUT2D eigenvalue weighted by molar-refractivity contribution is 5.33. The average Bonchev–Trinajstić information content (AvgIpc) is 2.89. The molecule has 0 aliphatic heterocycles. The largest absolute Gasteiger partial charge is 0.494 e. The maximum atomic E-state index is 13.1. The van der Waals surface area contributed by atoms with Gasteiger partial charge in [0.2, 0.25) is 0 Å². The molecule has 1 aromatic rings. The van der Waals surface area contributed by atoms with E-state index in [0.29, 0.717) is 11.9 Å². The fourth-order valence-corrected chi connectivity index (χ4v) is 1.10. The maximum Gasteiger partial charge on any atom is 0.168 e. The highest BCUT2D eigenvalue weighted by Crippen LogP contribution is 2.29. The van der Waals surface area contributed by atoms with Crippen molar-refractivity contribution in [2.75, 3.05) is 7.11 Å². The fraction of sp³-hybridized carbons (Fsp3) is 0.400. The highest BCUT2D eigenvalue weighted by atomic mass is 19.1. The summed E-state index contributed by atoms with van der Waals surface area (Å²) in [6.07, 6.45) is 2.45. The number of ether oxygens (including phenoxy) is 2. The predicted molar refractivity (Wildman–Crippen MR) is 46.6 cm³/mol. The lowest BCUT2D eigenvalue weighted by atomic mass is 10.3. The van der Waals surface area contributed by atoms with Crippen molar-refractivity contribution in [3.05, 3.63) is 24.0 Å². The quantitative estimate of drug-likeness (QED) is 0.714. The van der Waals surface area contributed by atoms with E-state index in [1.165, 1.54) is 13.2 Å². The molecule has 3 heteroatoms. The Morgan fingerprint density at radius 2 is 2.15 bits per heavy atom. The van der Waals surface area contributed by atoms with Gasteiger partial charge in [-0.2, -0.15) is 0 Å². The van der Waals surface area contributed by atoms with Crippen LogP contribution < -0.4 is 9.47 Å². The molecule has 1 fully saturated rings. The molecule has 2 nitrogen and oxygen atoms in total. The van der Waals surface area contributed by atoms with Gasteiger partial charge in [0.1, 0.15) is 5.75 Å². The molecule has 1 aromatic carbocycles. The molecule has 13 heavy (non-hydrogen) atoms. The van der Waals surface area contributed by atoms with E-state index in [-0.39, 0.29) is 11.6 Å². The smallest absolute Gasteiger partial charge is 0.168 e. The Morgan fingerprint density at radius 1 is 1.38 bits per heavy atom. The van der Waals surface area contributed by atoms with Crippen LogP contribution in [-0.2, 0) is 0 Å². The van der Waals surface area contributed by atoms with Crippen LogP contribution in [0.4, 0.5) is 4.39 Å². The topological polar surface area (TPSA) is 18.5 Å². The Labute approximate surface area is 76.3 Å². The summed E-state index contributed by atoms with van der Waals surface area (Å²) >= 11 is 0. The van der Waals surface area contributed by atoms with Gasteiger partial charge in [0.15, 0.2) is 11.6 Å². The molecule has 0 heterocycles. The summed E-state index contributed by atoms with van der Waals surface area (Å²) in [5.41, 5.74) is 0. The Morgan fingerprint density at radius 3 is 2.69 bits per heavy atom. The second-order valence-electron chi connectivity index (χ2n) is 3.11. The molecule has 1 aliphatic rings. The molecular weight excluding hydrogens is 171 g/mol. The standard InChI is InChI=1S/C10H11FO2/c1-12-10-5-4-8(6-9(10)11)13-7-2-3-7/h4-7H,2-3H2,1H3. The van der Waals surface area contributed by atoms with E-state index in [0.717, 1.165) is 12.8 Å². The van der Waals surface area contributed by atoms with Crippen molar-refractivity contribution in [3.63, 3.8) is 0 Å². The maximum absolute atomic E-state index is 13.1. The number of halogens is 1. The first kappa shape index (κ1) is 8.35. The third-order valence-electron chi connectivity index (χ3n) is 1.95. The monoisotopic (exact) mass is 182 g/mol. The van der Waals surface area contributed by atoms with Crippen LogP contribution in [0.3, 0.4) is 0 Å². The second kappa shape index (κ2) is 3.24. The van der Waals surface area contributed by atoms with Gasteiger partial charge in [0, 0.05) is 6.07 Å². The zero-order valence-electron chi connectivity index (χ0n) is 7.42. The molecule has 70 valence electrons. The van der Waals surface area contributed by atoms with Crippen LogP contribution >= 0.6 is 0 Å². The van der Waals surface area contributed by atoms with Gasteiger partial charge in [0.25, 0.3) is 0 Å². The summed E-state index contributed by atoms with van der Waals surface area (Å²) in [6, 6.07) is 4.66. The van der Waals surface area contributed by atoms with E-state index in [1.807, 2.05) is 0 Å². The van der Waals surface area contributed by atoms with Crippen molar-refractivity contribution in [3.8, 4) is 11.5 Å². The first-order chi connectivity index (χ1) is 6.29. The lowest BCUT2D eigenvalue weighted by molar-refractivity contribution is 0.299. The lowest BCUT2D eigenvalue weighted by Gasteiger charge is -2.06. The predicted octanol–water partition coefficient (Wildman–Crippen LogP) is 2.38. The minimum atomic E-state index is -0.374. The minimum absolute atomic E-state index is 0.253. The average molecular weight is 182 g/mol. The molecule has 0 amide bonds. The Balaban J connectivity index is 2.13. The van der Waals surface area contributed by atoms with E-state index in [9.17, 15) is 4.39 Å². The summed E-state index contributed by atoms with van der Waals surface area (Å²) in [6.45, 7) is 0. The Bertz CT molecular complexity index is 308. The van der Waals surface area contributed by atoms with Gasteiger partial charge in [-0.3, -0.25) is 0 Å². The Hall–Kier alpha value is -1.25. The van der Waals surface area contributed by atoms with E-state index >= 15 is 0 Å². The molecule has 0 N–H and O–H groups in total. The van der Waals surface area contributed by atoms with Crippen LogP contribution in [0.25, 0.3) is 0 Å². The van der Waals surface area contributed by atoms with E-state index in [1.54, 1.807) is 12.1 Å². The number of hydrogen-bond acceptors (Lipinski definition) is 2. The molecule has 0 unspecified atom stereocenters. The fourth-order valence-electron chi connectivity index (χ4n) is 1.10. The van der Waals surface area contributed by atoms with E-state index in [4.69, 9.17) is 9.47 Å². The van der Waals surface area contributed by atoms with Crippen LogP contribution in [0.2, 0.25) is 0 Å². The van der Waals surface area contributed by atoms with Crippen molar-refractivity contribution in [1.82, 2.24) is 0 Å². The van der Waals surface area contributed by atoms with Crippen LogP contribution in [0, 0.1) is 5.82 Å². The molecular formula is C10H11FO2. The van der Waals surface area contributed by atoms with Crippen molar-refractivity contribution in [1.29, 1.82) is 0 Å². The van der Waals surface area contributed by atoms with Gasteiger partial charge in [-0.05, 0) is 25.0 Å². The van der Waals surface area contributed by atoms with Crippen LogP contribution in [0.15, 0.2) is 18.2 Å². The van der Waals surface area contributed by atoms with Crippen molar-refractivity contribution in [2.45, 2.75) is 18.9 Å². The highest BCUT2D eigenvalue weighted by Gasteiger charge is 2.23. The summed E-state index contributed by atoms with van der Waals surface area (Å²) in [5, 5.41) is 0. The van der Waals surface area contributed by atoms with Gasteiger partial charge in [-0.15, -0.1) is 0 Å². The first-order valence-electron chi connectivity index (χ1n) is 4.30. The summed E-state index contributed by atoms with van der Waals surface area (Å²) in [5.74, 6) is 0.463. The summed E-state index contributed by atoms with van der Waals surface area (Å²) < 4.78 is 23.3. The van der Waals surface area contributed by atoms with Crippen LogP contribution in [0.5, 0.6) is 11.5 Å². The van der Waals surface area contributed by atoms with Crippen LogP contribution in [-0.4, -0.2) is 13.2 Å². The van der Waals surface area contributed by atoms with Crippen molar-refractivity contribution < 1.29 is 13.9 Å². The van der Waals surface area contributed by atoms with Gasteiger partial charge in [-0.1, -0.05) is 0 Å². The third-order valence-corrected chi connectivity index (χ3v) is 1.95. The molecule has 0 bridgehead atoms. The number of hydrogen-bond donors (Lipinski definition) is 0. The van der Waals surface area contributed by atoms with Crippen molar-refractivity contribution >= 4 is 0 Å². The number of rotatable bonds is 3. The van der Waals surface area contributed by atoms with Crippen molar-refractivity contribution in [2.24, 2.45) is 0 Å². The summed E-state index contributed by atoms with van der Waals surface area (Å²) in [7, 11) is 1.44. The minimum Gasteiger partial charge on any atom is -0.494 e. The SMILES string of the molecule is COc1ccc(OC2CC2)cc1F. The third kappa shape index (κ3) is 1.91. The summed E-state index contributed by atoms with van der Waals surface area (Å²) in [4.78, 5) is 0. The van der Waals surface area contributed by atoms with Gasteiger partial charge in [0.05, 0.1) is 13.2 Å². The van der Waals surface area contributed by atoms with Gasteiger partial charge in [-0.25, -0.2) is 4.39 Å². The van der Waals surface area contributed by atoms with E-state index < -0.39 is 0 Å². The number of benzene rings is 1. The molecule has 0 radical (unpaired) electrons. The molecule has 1 aliphatic carbocycles. The number of methoxy groups -OCH3 is 1. The van der Waals surface area contributed by atoms with Gasteiger partial charge >= 0.3 is 0 Å².